The highest BCUT2D eigenvalue weighted by atomic mass is 16.5. The fraction of sp³-hybridized carbons (Fsp3) is 0.545. The molecule has 4 aromatic rings. The zero-order chi connectivity index (χ0) is 38.5. The van der Waals surface area contributed by atoms with Crippen LogP contribution >= 0.6 is 0 Å². The number of aromatic nitrogens is 2. The van der Waals surface area contributed by atoms with Gasteiger partial charge in [-0.05, 0) is 124 Å². The molecule has 10 heteroatoms. The summed E-state index contributed by atoms with van der Waals surface area (Å²) in [4.78, 5) is 35.4. The molecule has 292 valence electrons. The maximum atomic E-state index is 12.9. The van der Waals surface area contributed by atoms with Crippen molar-refractivity contribution < 1.29 is 28.5 Å². The first-order valence-electron chi connectivity index (χ1n) is 19.8. The molecule has 0 spiro atoms. The number of nitrogens with one attached hydrogen (secondary N) is 2. The fourth-order valence-electron chi connectivity index (χ4n) is 7.73. The Labute approximate surface area is 321 Å². The summed E-state index contributed by atoms with van der Waals surface area (Å²) in [5.41, 5.74) is 5.73. The highest BCUT2D eigenvalue weighted by Gasteiger charge is 2.28. The van der Waals surface area contributed by atoms with Gasteiger partial charge in [0.2, 0.25) is 0 Å². The summed E-state index contributed by atoms with van der Waals surface area (Å²) in [5, 5.41) is 8.74. The van der Waals surface area contributed by atoms with Crippen LogP contribution in [0.1, 0.15) is 97.1 Å². The van der Waals surface area contributed by atoms with E-state index in [-0.39, 0.29) is 23.4 Å². The van der Waals surface area contributed by atoms with E-state index in [1.165, 1.54) is 0 Å². The van der Waals surface area contributed by atoms with Crippen LogP contribution < -0.4 is 10.6 Å². The highest BCUT2D eigenvalue weighted by molar-refractivity contribution is 6.02. The number of rotatable bonds is 16. The summed E-state index contributed by atoms with van der Waals surface area (Å²) in [6, 6.07) is 16.1. The van der Waals surface area contributed by atoms with Gasteiger partial charge in [-0.2, -0.15) is 0 Å². The van der Waals surface area contributed by atoms with Crippen molar-refractivity contribution in [3.8, 4) is 0 Å². The van der Waals surface area contributed by atoms with Crippen molar-refractivity contribution in [3.63, 3.8) is 0 Å². The molecule has 2 heterocycles. The van der Waals surface area contributed by atoms with E-state index in [0.717, 1.165) is 133 Å². The van der Waals surface area contributed by atoms with Crippen molar-refractivity contribution in [1.29, 1.82) is 0 Å². The van der Waals surface area contributed by atoms with Gasteiger partial charge in [0.1, 0.15) is 11.6 Å². The van der Waals surface area contributed by atoms with Crippen LogP contribution in [0.3, 0.4) is 0 Å². The molecule has 2 aliphatic rings. The molecule has 0 atom stereocenters. The lowest BCUT2D eigenvalue weighted by Gasteiger charge is -2.26. The van der Waals surface area contributed by atoms with Crippen LogP contribution in [-0.4, -0.2) is 88.5 Å². The molecule has 10 nitrogen and oxygen atoms in total. The maximum Gasteiger partial charge on any atom is 0.165 e. The molecule has 6 rings (SSSR count). The average Bonchev–Trinajstić information content (AvgIpc) is 3.22. The SMILES string of the molecule is CCc1cc2cc(C(=O)C3CCC(OC)CC3)ccc2nc1NCCOC.CCc1cc2cc(C(=O)C3CCC(OC)CC3)ccc2nc1NCCOC. The van der Waals surface area contributed by atoms with Crippen LogP contribution in [0.25, 0.3) is 21.8 Å². The van der Waals surface area contributed by atoms with Gasteiger partial charge >= 0.3 is 0 Å². The Morgan fingerprint density at radius 3 is 1.31 bits per heavy atom. The van der Waals surface area contributed by atoms with Gasteiger partial charge in [-0.25, -0.2) is 9.97 Å². The Morgan fingerprint density at radius 1 is 0.593 bits per heavy atom. The Balaban J connectivity index is 0.000000208. The topological polar surface area (TPSA) is 121 Å². The van der Waals surface area contributed by atoms with Gasteiger partial charge in [0.15, 0.2) is 11.6 Å². The van der Waals surface area contributed by atoms with Crippen LogP contribution in [0, 0.1) is 11.8 Å². The zero-order valence-electron chi connectivity index (χ0n) is 33.2. The van der Waals surface area contributed by atoms with Gasteiger partial charge in [-0.3, -0.25) is 9.59 Å². The van der Waals surface area contributed by atoms with Crippen LogP contribution in [-0.2, 0) is 31.8 Å². The number of Topliss-reactive ketones (excluding diaryl/α,β-unsaturated/α-hetero) is 2. The average molecular weight is 741 g/mol. The fourth-order valence-corrected chi connectivity index (χ4v) is 7.73. The van der Waals surface area contributed by atoms with Gasteiger partial charge in [-0.15, -0.1) is 0 Å². The molecule has 2 saturated carbocycles. The van der Waals surface area contributed by atoms with Crippen molar-refractivity contribution in [2.45, 2.75) is 90.3 Å². The number of pyridine rings is 2. The van der Waals surface area contributed by atoms with E-state index in [4.69, 9.17) is 28.9 Å². The summed E-state index contributed by atoms with van der Waals surface area (Å²) in [6.45, 7) is 6.97. The predicted octanol–water partition coefficient (Wildman–Crippen LogP) is 8.49. The van der Waals surface area contributed by atoms with Crippen molar-refractivity contribution in [3.05, 3.63) is 70.8 Å². The summed E-state index contributed by atoms with van der Waals surface area (Å²) >= 11 is 0. The number of hydrogen-bond acceptors (Lipinski definition) is 10. The molecular weight excluding hydrogens is 681 g/mol. The number of ketones is 2. The molecule has 2 N–H and O–H groups in total. The Bertz CT molecular complexity index is 1700. The number of benzene rings is 2. The second-order valence-corrected chi connectivity index (χ2v) is 14.5. The summed E-state index contributed by atoms with van der Waals surface area (Å²) in [5.74, 6) is 2.54. The van der Waals surface area contributed by atoms with E-state index in [1.54, 1.807) is 28.4 Å². The Morgan fingerprint density at radius 2 is 0.981 bits per heavy atom. The first kappa shape index (κ1) is 41.2. The van der Waals surface area contributed by atoms with Gasteiger partial charge < -0.3 is 29.6 Å². The summed E-state index contributed by atoms with van der Waals surface area (Å²) in [6.07, 6.45) is 9.93. The minimum absolute atomic E-state index is 0.113. The molecular formula is C44H60N4O6. The highest BCUT2D eigenvalue weighted by Crippen LogP contribution is 2.32. The third-order valence-electron chi connectivity index (χ3n) is 11.1. The molecule has 0 radical (unpaired) electrons. The molecule has 2 aromatic carbocycles. The molecule has 0 aliphatic heterocycles. The normalized spacial score (nSPS) is 20.0. The van der Waals surface area contributed by atoms with Crippen molar-refractivity contribution >= 4 is 45.0 Å². The summed E-state index contributed by atoms with van der Waals surface area (Å²) in [7, 11) is 6.90. The number of carbonyl (C=O) groups excluding carboxylic acids is 2. The van der Waals surface area contributed by atoms with E-state index in [2.05, 4.69) is 36.6 Å². The standard InChI is InChI=1S/2C22H30N2O3/c2*1-4-15-13-18-14-17(21(25)16-5-8-19(27-3)9-6-16)7-10-20(18)24-22(15)23-11-12-26-2/h2*7,10,13-14,16,19H,4-6,8-9,11-12H2,1-3H3,(H,23,24). The van der Waals surface area contributed by atoms with Gasteiger partial charge in [0.05, 0.1) is 36.5 Å². The second kappa shape index (κ2) is 20.6. The third kappa shape index (κ3) is 10.6. The van der Waals surface area contributed by atoms with Crippen LogP contribution in [0.2, 0.25) is 0 Å². The molecule has 0 amide bonds. The van der Waals surface area contributed by atoms with Crippen LogP contribution in [0.4, 0.5) is 11.6 Å². The quantitative estimate of drug-likeness (QED) is 0.0855. The molecule has 2 fully saturated rings. The van der Waals surface area contributed by atoms with Gasteiger partial charge in [-0.1, -0.05) is 13.8 Å². The van der Waals surface area contributed by atoms with E-state index >= 15 is 0 Å². The molecule has 0 unspecified atom stereocenters. The van der Waals surface area contributed by atoms with Crippen LogP contribution in [0.5, 0.6) is 0 Å². The maximum absolute atomic E-state index is 12.9. The number of carbonyl (C=O) groups is 2. The first-order valence-corrected chi connectivity index (χ1v) is 19.8. The monoisotopic (exact) mass is 740 g/mol. The lowest BCUT2D eigenvalue weighted by Crippen LogP contribution is -2.25. The second-order valence-electron chi connectivity index (χ2n) is 14.5. The molecule has 54 heavy (non-hydrogen) atoms. The molecule has 0 saturated heterocycles. The number of methoxy groups -OCH3 is 4. The van der Waals surface area contributed by atoms with E-state index in [1.807, 2.05) is 36.4 Å². The van der Waals surface area contributed by atoms with Crippen LogP contribution in [0.15, 0.2) is 48.5 Å². The van der Waals surface area contributed by atoms with E-state index < -0.39 is 0 Å². The molecule has 0 bridgehead atoms. The van der Waals surface area contributed by atoms with Gasteiger partial charge in [0, 0.05) is 75.3 Å². The summed E-state index contributed by atoms with van der Waals surface area (Å²) < 4.78 is 21.0. The number of ether oxygens (including phenoxy) is 4. The van der Waals surface area contributed by atoms with Crippen molar-refractivity contribution in [1.82, 2.24) is 9.97 Å². The largest absolute Gasteiger partial charge is 0.383 e. The van der Waals surface area contributed by atoms with Crippen molar-refractivity contribution in [2.24, 2.45) is 11.8 Å². The minimum Gasteiger partial charge on any atom is -0.383 e. The van der Waals surface area contributed by atoms with E-state index in [9.17, 15) is 9.59 Å². The minimum atomic E-state index is 0.113. The molecule has 2 aliphatic carbocycles. The zero-order valence-corrected chi connectivity index (χ0v) is 33.2. The number of anilines is 2. The smallest absolute Gasteiger partial charge is 0.165 e. The number of aryl methyl sites for hydroxylation is 2. The van der Waals surface area contributed by atoms with E-state index in [0.29, 0.717) is 25.4 Å². The Kier molecular flexibility index (Phi) is 15.8. The Hall–Kier alpha value is -3.96. The predicted molar refractivity (Wildman–Crippen MR) is 217 cm³/mol. The number of nitrogens with zero attached hydrogens (tertiary/aromatic N) is 2. The molecule has 2 aromatic heterocycles. The lowest BCUT2D eigenvalue weighted by molar-refractivity contribution is 0.0515. The third-order valence-corrected chi connectivity index (χ3v) is 11.1. The number of hydrogen-bond donors (Lipinski definition) is 2. The number of fused-ring (bicyclic) bond motifs is 2. The lowest BCUT2D eigenvalue weighted by atomic mass is 9.82. The first-order chi connectivity index (χ1) is 26.3. The van der Waals surface area contributed by atoms with Crippen molar-refractivity contribution in [2.75, 3.05) is 65.4 Å². The van der Waals surface area contributed by atoms with Gasteiger partial charge in [0.25, 0.3) is 0 Å².